The lowest BCUT2D eigenvalue weighted by Gasteiger charge is -2.51. The van der Waals surface area contributed by atoms with E-state index in [9.17, 15) is 0 Å². The van der Waals surface area contributed by atoms with Gasteiger partial charge in [0.25, 0.3) is 0 Å². The van der Waals surface area contributed by atoms with Crippen LogP contribution in [0.15, 0.2) is 0 Å². The second kappa shape index (κ2) is 5.05. The van der Waals surface area contributed by atoms with E-state index in [1.54, 1.807) is 0 Å². The summed E-state index contributed by atoms with van der Waals surface area (Å²) in [6.45, 7) is 21.2. The zero-order valence-electron chi connectivity index (χ0n) is 15.4. The number of hydrogen-bond donors (Lipinski definition) is 0. The first-order valence-electron chi connectivity index (χ1n) is 8.29. The molecule has 0 bridgehead atoms. The highest BCUT2D eigenvalue weighted by Crippen LogP contribution is 2.57. The van der Waals surface area contributed by atoms with Crippen LogP contribution in [0.5, 0.6) is 0 Å². The third-order valence-electron chi connectivity index (χ3n) is 5.29. The van der Waals surface area contributed by atoms with Crippen molar-refractivity contribution in [1.29, 1.82) is 0 Å². The average molecular weight is 315 g/mol. The molecule has 0 aromatic carbocycles. The van der Waals surface area contributed by atoms with E-state index in [-0.39, 0.29) is 22.3 Å². The zero-order chi connectivity index (χ0) is 16.3. The van der Waals surface area contributed by atoms with Crippen molar-refractivity contribution >= 4 is 8.32 Å². The molecule has 4 heteroatoms. The molecule has 0 saturated carbocycles. The van der Waals surface area contributed by atoms with Crippen molar-refractivity contribution in [2.24, 2.45) is 5.92 Å². The maximum Gasteiger partial charge on any atom is 0.205 e. The molecule has 3 atom stereocenters. The largest absolute Gasteiger partial charge is 0.415 e. The van der Waals surface area contributed by atoms with Gasteiger partial charge >= 0.3 is 0 Å². The third-order valence-corrected chi connectivity index (χ3v) is 11.8. The molecule has 2 aliphatic rings. The van der Waals surface area contributed by atoms with Gasteiger partial charge in [0, 0.05) is 12.5 Å². The fourth-order valence-corrected chi connectivity index (χ4v) is 10.3. The Morgan fingerprint density at radius 3 is 1.95 bits per heavy atom. The summed E-state index contributed by atoms with van der Waals surface area (Å²) in [5.41, 5.74) is 0. The monoisotopic (exact) mass is 314 g/mol. The maximum atomic E-state index is 6.72. The van der Waals surface area contributed by atoms with Crippen LogP contribution in [0.2, 0.25) is 16.1 Å². The fraction of sp³-hybridized carbons (Fsp3) is 1.00. The smallest absolute Gasteiger partial charge is 0.205 e. The molecule has 2 saturated heterocycles. The lowest BCUT2D eigenvalue weighted by atomic mass is 10.0. The van der Waals surface area contributed by atoms with Crippen LogP contribution < -0.4 is 0 Å². The minimum Gasteiger partial charge on any atom is -0.415 e. The zero-order valence-corrected chi connectivity index (χ0v) is 16.4. The fourth-order valence-electron chi connectivity index (χ4n) is 4.38. The molecule has 124 valence electrons. The SMILES string of the molecule is C[C@@H]1CO[Si](C(C)(C)C)(C(C)(C)C)C[C@@H]2OC(C)(C)O[C@@H]12. The van der Waals surface area contributed by atoms with Crippen molar-refractivity contribution in [1.82, 2.24) is 0 Å². The van der Waals surface area contributed by atoms with Crippen LogP contribution in [0, 0.1) is 5.92 Å². The summed E-state index contributed by atoms with van der Waals surface area (Å²) in [4.78, 5) is 0. The highest BCUT2D eigenvalue weighted by atomic mass is 28.4. The van der Waals surface area contributed by atoms with Gasteiger partial charge in [-0.15, -0.1) is 0 Å². The van der Waals surface area contributed by atoms with E-state index in [2.05, 4.69) is 48.5 Å². The lowest BCUT2D eigenvalue weighted by molar-refractivity contribution is -0.151. The topological polar surface area (TPSA) is 27.7 Å². The van der Waals surface area contributed by atoms with Crippen molar-refractivity contribution in [3.8, 4) is 0 Å². The summed E-state index contributed by atoms with van der Waals surface area (Å²) in [5, 5.41) is 0.353. The molecule has 2 rings (SSSR count). The van der Waals surface area contributed by atoms with Gasteiger partial charge in [0.2, 0.25) is 8.32 Å². The number of rotatable bonds is 0. The average Bonchev–Trinajstić information content (AvgIpc) is 2.48. The summed E-state index contributed by atoms with van der Waals surface area (Å²) in [6, 6.07) is 1.03. The van der Waals surface area contributed by atoms with E-state index in [1.165, 1.54) is 0 Å². The van der Waals surface area contributed by atoms with Crippen molar-refractivity contribution in [2.75, 3.05) is 6.61 Å². The molecule has 0 N–H and O–H groups in total. The van der Waals surface area contributed by atoms with Crippen LogP contribution in [-0.2, 0) is 13.9 Å². The summed E-state index contributed by atoms with van der Waals surface area (Å²) in [6.07, 6.45) is 0.335. The molecule has 0 amide bonds. The van der Waals surface area contributed by atoms with Gasteiger partial charge in [-0.05, 0) is 30.0 Å². The number of ether oxygens (including phenoxy) is 2. The van der Waals surface area contributed by atoms with Gasteiger partial charge < -0.3 is 13.9 Å². The van der Waals surface area contributed by atoms with Crippen LogP contribution >= 0.6 is 0 Å². The van der Waals surface area contributed by atoms with Crippen LogP contribution in [-0.4, -0.2) is 32.9 Å². The minimum absolute atomic E-state index is 0.166. The highest BCUT2D eigenvalue weighted by molar-refractivity contribution is 6.79. The lowest BCUT2D eigenvalue weighted by Crippen LogP contribution is -2.56. The first kappa shape index (κ1) is 17.5. The molecule has 2 heterocycles. The summed E-state index contributed by atoms with van der Waals surface area (Å²) in [7, 11) is -2.03. The van der Waals surface area contributed by atoms with Gasteiger partial charge in [-0.3, -0.25) is 0 Å². The Labute approximate surface area is 131 Å². The van der Waals surface area contributed by atoms with Crippen molar-refractivity contribution in [3.63, 3.8) is 0 Å². The Morgan fingerprint density at radius 2 is 1.48 bits per heavy atom. The van der Waals surface area contributed by atoms with E-state index < -0.39 is 14.1 Å². The molecule has 0 aromatic heterocycles. The molecule has 0 radical (unpaired) electrons. The van der Waals surface area contributed by atoms with Crippen LogP contribution in [0.25, 0.3) is 0 Å². The standard InChI is InChI=1S/C17H34O3Si/c1-12-10-18-21(15(2,3)4,16(5,6)7)11-13-14(12)20-17(8,9)19-13/h12-14H,10-11H2,1-9H3/t12-,13+,14+/m1/s1. The quantitative estimate of drug-likeness (QED) is 0.606. The van der Waals surface area contributed by atoms with Crippen LogP contribution in [0.4, 0.5) is 0 Å². The Morgan fingerprint density at radius 1 is 0.952 bits per heavy atom. The van der Waals surface area contributed by atoms with E-state index in [0.717, 1.165) is 12.7 Å². The normalized spacial score (nSPS) is 36.1. The first-order chi connectivity index (χ1) is 9.29. The molecule has 2 fully saturated rings. The molecular weight excluding hydrogens is 280 g/mol. The highest BCUT2D eigenvalue weighted by Gasteiger charge is 2.60. The van der Waals surface area contributed by atoms with E-state index >= 15 is 0 Å². The molecule has 3 nitrogen and oxygen atoms in total. The second-order valence-electron chi connectivity index (χ2n) is 9.46. The van der Waals surface area contributed by atoms with Gasteiger partial charge in [0.05, 0.1) is 12.2 Å². The molecule has 0 unspecified atom stereocenters. The third kappa shape index (κ3) is 2.97. The van der Waals surface area contributed by atoms with Gasteiger partial charge in [-0.25, -0.2) is 0 Å². The number of fused-ring (bicyclic) bond motifs is 1. The molecule has 2 aliphatic heterocycles. The Hall–Kier alpha value is 0.0969. The summed E-state index contributed by atoms with van der Waals surface area (Å²) in [5.74, 6) is -0.0764. The van der Waals surface area contributed by atoms with Gasteiger partial charge in [-0.1, -0.05) is 48.5 Å². The van der Waals surface area contributed by atoms with Crippen LogP contribution in [0.1, 0.15) is 62.3 Å². The summed E-state index contributed by atoms with van der Waals surface area (Å²) >= 11 is 0. The van der Waals surface area contributed by atoms with Gasteiger partial charge in [-0.2, -0.15) is 0 Å². The van der Waals surface area contributed by atoms with Gasteiger partial charge in [0.1, 0.15) is 0 Å². The first-order valence-corrected chi connectivity index (χ1v) is 10.4. The van der Waals surface area contributed by atoms with E-state index in [1.807, 2.05) is 13.8 Å². The van der Waals surface area contributed by atoms with E-state index in [4.69, 9.17) is 13.9 Å². The van der Waals surface area contributed by atoms with E-state index in [0.29, 0.717) is 5.92 Å². The van der Waals surface area contributed by atoms with Crippen molar-refractivity contribution < 1.29 is 13.9 Å². The van der Waals surface area contributed by atoms with Gasteiger partial charge in [0.15, 0.2) is 5.79 Å². The Kier molecular flexibility index (Phi) is 4.20. The Bertz CT molecular complexity index is 378. The van der Waals surface area contributed by atoms with Crippen molar-refractivity contribution in [3.05, 3.63) is 0 Å². The molecule has 0 spiro atoms. The molecule has 0 aromatic rings. The molecule has 0 aliphatic carbocycles. The summed E-state index contributed by atoms with van der Waals surface area (Å²) < 4.78 is 19.2. The minimum atomic E-state index is -2.03. The van der Waals surface area contributed by atoms with Crippen molar-refractivity contribution in [2.45, 2.75) is 96.4 Å². The maximum absolute atomic E-state index is 6.72. The van der Waals surface area contributed by atoms with Crippen LogP contribution in [0.3, 0.4) is 0 Å². The molecule has 21 heavy (non-hydrogen) atoms. The molecular formula is C17H34O3Si. The predicted molar refractivity (Wildman–Crippen MR) is 88.9 cm³/mol. The predicted octanol–water partition coefficient (Wildman–Crippen LogP) is 4.72. The Balaban J connectivity index is 2.42. The second-order valence-corrected chi connectivity index (χ2v) is 14.8. The number of hydrogen-bond acceptors (Lipinski definition) is 3.